The molecule has 0 bridgehead atoms. The van der Waals surface area contributed by atoms with Crippen molar-refractivity contribution in [3.05, 3.63) is 48.0 Å². The Morgan fingerprint density at radius 3 is 2.52 bits per heavy atom. The summed E-state index contributed by atoms with van der Waals surface area (Å²) in [7, 11) is 1.67. The van der Waals surface area contributed by atoms with Crippen LogP contribution >= 0.6 is 0 Å². The quantitative estimate of drug-likeness (QED) is 0.549. The average Bonchev–Trinajstić information content (AvgIpc) is 3.10. The van der Waals surface area contributed by atoms with E-state index < -0.39 is 0 Å². The molecule has 2 heterocycles. The molecule has 0 atom stereocenters. The Morgan fingerprint density at radius 1 is 1.09 bits per heavy atom. The molecule has 0 spiro atoms. The van der Waals surface area contributed by atoms with E-state index >= 15 is 0 Å². The molecule has 1 aliphatic carbocycles. The molecule has 0 radical (unpaired) electrons. The number of morpholine rings is 1. The summed E-state index contributed by atoms with van der Waals surface area (Å²) in [6, 6.07) is 14.4. The lowest BCUT2D eigenvalue weighted by Crippen LogP contribution is -2.40. The van der Waals surface area contributed by atoms with Crippen LogP contribution in [0.3, 0.4) is 0 Å². The van der Waals surface area contributed by atoms with Gasteiger partial charge in [0.1, 0.15) is 12.4 Å². The van der Waals surface area contributed by atoms with Crippen molar-refractivity contribution < 1.29 is 19.0 Å². The van der Waals surface area contributed by atoms with Crippen LogP contribution in [0, 0.1) is 0 Å². The van der Waals surface area contributed by atoms with E-state index in [1.807, 2.05) is 41.3 Å². The summed E-state index contributed by atoms with van der Waals surface area (Å²) in [5.74, 6) is 0.867. The number of carbonyl (C=O) groups is 1. The van der Waals surface area contributed by atoms with E-state index in [1.54, 1.807) is 7.11 Å². The molecule has 2 aliphatic rings. The lowest BCUT2D eigenvalue weighted by molar-refractivity contribution is 0.0303. The van der Waals surface area contributed by atoms with Crippen molar-refractivity contribution in [3.8, 4) is 17.0 Å². The third-order valence-electron chi connectivity index (χ3n) is 6.71. The monoisotopic (exact) mass is 449 g/mol. The van der Waals surface area contributed by atoms with Crippen molar-refractivity contribution in [1.29, 1.82) is 0 Å². The standard InChI is InChI=1S/C26H31N3O4/c1-31-15-16-33-21-9-10-22-23(17-21)29(20-3-2-4-20)25(24(22)27)18-5-7-19(8-6-18)26(30)28-11-13-32-14-12-28/h5-10,17,20H,2-4,11-16,27H2,1H3. The molecule has 33 heavy (non-hydrogen) atoms. The van der Waals surface area contributed by atoms with Crippen molar-refractivity contribution >= 4 is 22.5 Å². The van der Waals surface area contributed by atoms with Crippen molar-refractivity contribution in [3.63, 3.8) is 0 Å². The number of rotatable bonds is 7. The first-order chi connectivity index (χ1) is 16.2. The normalized spacial score (nSPS) is 16.7. The summed E-state index contributed by atoms with van der Waals surface area (Å²) < 4.78 is 18.7. The Balaban J connectivity index is 1.50. The second-order valence-corrected chi connectivity index (χ2v) is 8.72. The Labute approximate surface area is 194 Å². The fourth-order valence-electron chi connectivity index (χ4n) is 4.69. The summed E-state index contributed by atoms with van der Waals surface area (Å²) in [5, 5.41) is 1.03. The highest BCUT2D eigenvalue weighted by atomic mass is 16.5. The van der Waals surface area contributed by atoms with Gasteiger partial charge in [0, 0.05) is 48.8 Å². The van der Waals surface area contributed by atoms with E-state index in [-0.39, 0.29) is 5.91 Å². The molecule has 1 aromatic heterocycles. The fraction of sp³-hybridized carbons (Fsp3) is 0.423. The molecule has 1 saturated carbocycles. The number of nitrogens with two attached hydrogens (primary N) is 1. The lowest BCUT2D eigenvalue weighted by atomic mass is 9.92. The number of hydrogen-bond acceptors (Lipinski definition) is 5. The molecule has 1 saturated heterocycles. The third-order valence-corrected chi connectivity index (χ3v) is 6.71. The number of anilines is 1. The van der Waals surface area contributed by atoms with Crippen molar-refractivity contribution in [2.75, 3.05) is 52.4 Å². The molecular formula is C26H31N3O4. The first kappa shape index (κ1) is 21.8. The smallest absolute Gasteiger partial charge is 0.254 e. The summed E-state index contributed by atoms with van der Waals surface area (Å²) in [4.78, 5) is 14.7. The summed E-state index contributed by atoms with van der Waals surface area (Å²) in [5.41, 5.74) is 11.3. The fourth-order valence-corrected chi connectivity index (χ4v) is 4.69. The molecule has 7 nitrogen and oxygen atoms in total. The van der Waals surface area contributed by atoms with Crippen LogP contribution in [0.1, 0.15) is 35.7 Å². The number of aromatic nitrogens is 1. The second-order valence-electron chi connectivity index (χ2n) is 8.72. The highest BCUT2D eigenvalue weighted by Gasteiger charge is 2.27. The van der Waals surface area contributed by atoms with E-state index in [1.165, 1.54) is 6.42 Å². The van der Waals surface area contributed by atoms with Crippen LogP contribution in [-0.2, 0) is 9.47 Å². The maximum atomic E-state index is 12.8. The summed E-state index contributed by atoms with van der Waals surface area (Å²) in [6.07, 6.45) is 3.50. The Hall–Kier alpha value is -3.03. The van der Waals surface area contributed by atoms with E-state index in [4.69, 9.17) is 19.9 Å². The van der Waals surface area contributed by atoms with E-state index in [2.05, 4.69) is 10.6 Å². The molecular weight excluding hydrogens is 418 g/mol. The maximum Gasteiger partial charge on any atom is 0.254 e. The number of fused-ring (bicyclic) bond motifs is 1. The van der Waals surface area contributed by atoms with Gasteiger partial charge >= 0.3 is 0 Å². The van der Waals surface area contributed by atoms with Crippen molar-refractivity contribution in [1.82, 2.24) is 9.47 Å². The Morgan fingerprint density at radius 2 is 1.85 bits per heavy atom. The Kier molecular flexibility index (Phi) is 6.24. The number of amides is 1. The minimum atomic E-state index is 0.0511. The van der Waals surface area contributed by atoms with E-state index in [0.717, 1.165) is 46.4 Å². The zero-order valence-electron chi connectivity index (χ0n) is 19.1. The number of carbonyl (C=O) groups excluding carboxylic acids is 1. The van der Waals surface area contributed by atoms with Gasteiger partial charge in [0.25, 0.3) is 5.91 Å². The van der Waals surface area contributed by atoms with Gasteiger partial charge in [0.2, 0.25) is 0 Å². The third kappa shape index (κ3) is 4.18. The largest absolute Gasteiger partial charge is 0.491 e. The highest BCUT2D eigenvalue weighted by molar-refractivity contribution is 6.02. The van der Waals surface area contributed by atoms with Crippen LogP contribution in [0.25, 0.3) is 22.2 Å². The summed E-state index contributed by atoms with van der Waals surface area (Å²) in [6.45, 7) is 3.52. The number of benzene rings is 2. The van der Waals surface area contributed by atoms with Gasteiger partial charge in [-0.25, -0.2) is 0 Å². The molecule has 174 valence electrons. The molecule has 2 N–H and O–H groups in total. The zero-order valence-corrected chi connectivity index (χ0v) is 19.1. The molecule has 5 rings (SSSR count). The maximum absolute atomic E-state index is 12.8. The topological polar surface area (TPSA) is 79.0 Å². The predicted molar refractivity (Wildman–Crippen MR) is 129 cm³/mol. The summed E-state index contributed by atoms with van der Waals surface area (Å²) >= 11 is 0. The van der Waals surface area contributed by atoms with Gasteiger partial charge in [-0.3, -0.25) is 4.79 Å². The van der Waals surface area contributed by atoms with Gasteiger partial charge in [-0.1, -0.05) is 12.1 Å². The number of nitrogens with zero attached hydrogens (tertiary/aromatic N) is 2. The van der Waals surface area contributed by atoms with Crippen LogP contribution < -0.4 is 10.5 Å². The average molecular weight is 450 g/mol. The molecule has 1 aliphatic heterocycles. The molecule has 2 aromatic carbocycles. The minimum Gasteiger partial charge on any atom is -0.491 e. The lowest BCUT2D eigenvalue weighted by Gasteiger charge is -2.30. The van der Waals surface area contributed by atoms with Gasteiger partial charge in [-0.15, -0.1) is 0 Å². The van der Waals surface area contributed by atoms with Crippen LogP contribution in [-0.4, -0.2) is 62.0 Å². The van der Waals surface area contributed by atoms with Gasteiger partial charge < -0.3 is 29.4 Å². The first-order valence-corrected chi connectivity index (χ1v) is 11.7. The number of nitrogen functional groups attached to an aromatic ring is 1. The van der Waals surface area contributed by atoms with Gasteiger partial charge in [0.05, 0.1) is 36.7 Å². The van der Waals surface area contributed by atoms with Crippen LogP contribution in [0.5, 0.6) is 5.75 Å². The molecule has 3 aromatic rings. The van der Waals surface area contributed by atoms with E-state index in [9.17, 15) is 4.79 Å². The number of methoxy groups -OCH3 is 1. The van der Waals surface area contributed by atoms with E-state index in [0.29, 0.717) is 51.1 Å². The van der Waals surface area contributed by atoms with Crippen LogP contribution in [0.2, 0.25) is 0 Å². The van der Waals surface area contributed by atoms with Crippen molar-refractivity contribution in [2.24, 2.45) is 0 Å². The zero-order chi connectivity index (χ0) is 22.8. The molecule has 2 fully saturated rings. The number of hydrogen-bond donors (Lipinski definition) is 1. The minimum absolute atomic E-state index is 0.0511. The first-order valence-electron chi connectivity index (χ1n) is 11.7. The van der Waals surface area contributed by atoms with Gasteiger partial charge in [-0.05, 0) is 43.5 Å². The Bertz CT molecular complexity index is 1130. The predicted octanol–water partition coefficient (Wildman–Crippen LogP) is 4.11. The molecule has 1 amide bonds. The number of ether oxygens (including phenoxy) is 3. The second kappa shape index (κ2) is 9.45. The molecule has 7 heteroatoms. The van der Waals surface area contributed by atoms with Crippen LogP contribution in [0.4, 0.5) is 5.69 Å². The van der Waals surface area contributed by atoms with Crippen molar-refractivity contribution in [2.45, 2.75) is 25.3 Å². The SMILES string of the molecule is COCCOc1ccc2c(N)c(-c3ccc(C(=O)N4CCOCC4)cc3)n(C3CCC3)c2c1. The van der Waals surface area contributed by atoms with Gasteiger partial charge in [0.15, 0.2) is 0 Å². The highest BCUT2D eigenvalue weighted by Crippen LogP contribution is 2.44. The van der Waals surface area contributed by atoms with Gasteiger partial charge in [-0.2, -0.15) is 0 Å². The molecule has 0 unspecified atom stereocenters. The van der Waals surface area contributed by atoms with Crippen LogP contribution in [0.15, 0.2) is 42.5 Å².